The Kier molecular flexibility index (Phi) is 9.66. The minimum Gasteiger partial charge on any atom is -0.385 e. The van der Waals surface area contributed by atoms with Gasteiger partial charge >= 0.3 is 0 Å². The number of amides is 1. The zero-order chi connectivity index (χ0) is 13.1. The van der Waals surface area contributed by atoms with Crippen LogP contribution in [0.2, 0.25) is 0 Å². The Morgan fingerprint density at radius 2 is 1.94 bits per heavy atom. The molecule has 0 saturated carbocycles. The number of methoxy groups -OCH3 is 1. The molecule has 1 amide bonds. The smallest absolute Gasteiger partial charge is 0.222 e. The molecule has 0 aliphatic heterocycles. The Bertz CT molecular complexity index is 231. The Labute approximate surface area is 103 Å². The molecule has 0 radical (unpaired) electrons. The Hall–Kier alpha value is -0.940. The average molecular weight is 245 g/mol. The van der Waals surface area contributed by atoms with Crippen LogP contribution in [0.4, 0.5) is 0 Å². The highest BCUT2D eigenvalue weighted by Gasteiger charge is 2.08. The lowest BCUT2D eigenvalue weighted by atomic mass is 10.1. The molecule has 5 heteroatoms. The van der Waals surface area contributed by atoms with Gasteiger partial charge in [0.05, 0.1) is 6.61 Å². The zero-order valence-electron chi connectivity index (χ0n) is 11.0. The van der Waals surface area contributed by atoms with E-state index in [-0.39, 0.29) is 17.6 Å². The monoisotopic (exact) mass is 245 g/mol. The molecule has 0 fully saturated rings. The summed E-state index contributed by atoms with van der Waals surface area (Å²) < 4.78 is 10.1. The molecule has 0 bridgehead atoms. The fourth-order valence-corrected chi connectivity index (χ4v) is 1.07. The summed E-state index contributed by atoms with van der Waals surface area (Å²) in [4.78, 5) is 22.3. The van der Waals surface area contributed by atoms with Crippen molar-refractivity contribution in [1.29, 1.82) is 0 Å². The van der Waals surface area contributed by atoms with E-state index >= 15 is 0 Å². The first-order chi connectivity index (χ1) is 8.07. The normalized spacial score (nSPS) is 12.2. The van der Waals surface area contributed by atoms with Crippen molar-refractivity contribution in [3.05, 3.63) is 0 Å². The maximum absolute atomic E-state index is 11.3. The summed E-state index contributed by atoms with van der Waals surface area (Å²) in [7, 11) is 1.64. The quantitative estimate of drug-likeness (QED) is 0.577. The average Bonchev–Trinajstić information content (AvgIpc) is 2.30. The molecule has 17 heavy (non-hydrogen) atoms. The van der Waals surface area contributed by atoms with E-state index in [0.717, 1.165) is 6.42 Å². The highest BCUT2D eigenvalue weighted by atomic mass is 16.5. The fourth-order valence-electron chi connectivity index (χ4n) is 1.07. The van der Waals surface area contributed by atoms with Crippen molar-refractivity contribution in [3.8, 4) is 0 Å². The largest absolute Gasteiger partial charge is 0.385 e. The first-order valence-electron chi connectivity index (χ1n) is 5.91. The van der Waals surface area contributed by atoms with Gasteiger partial charge in [-0.15, -0.1) is 0 Å². The van der Waals surface area contributed by atoms with E-state index in [4.69, 9.17) is 9.47 Å². The SMILES string of the molecule is COCCCOCCC(=O)NCC(C)C(C)=O. The van der Waals surface area contributed by atoms with Gasteiger partial charge in [-0.25, -0.2) is 0 Å². The van der Waals surface area contributed by atoms with E-state index in [1.54, 1.807) is 14.0 Å². The lowest BCUT2D eigenvalue weighted by Gasteiger charge is -2.09. The third-order valence-electron chi connectivity index (χ3n) is 2.41. The van der Waals surface area contributed by atoms with E-state index in [2.05, 4.69) is 5.32 Å². The van der Waals surface area contributed by atoms with Crippen LogP contribution in [-0.2, 0) is 19.1 Å². The number of rotatable bonds is 10. The minimum atomic E-state index is -0.124. The van der Waals surface area contributed by atoms with Gasteiger partial charge in [-0.3, -0.25) is 9.59 Å². The van der Waals surface area contributed by atoms with Crippen molar-refractivity contribution in [2.45, 2.75) is 26.7 Å². The van der Waals surface area contributed by atoms with E-state index in [0.29, 0.717) is 32.8 Å². The highest BCUT2D eigenvalue weighted by molar-refractivity contribution is 5.80. The highest BCUT2D eigenvalue weighted by Crippen LogP contribution is 1.94. The van der Waals surface area contributed by atoms with E-state index in [1.807, 2.05) is 0 Å². The van der Waals surface area contributed by atoms with Crippen molar-refractivity contribution in [3.63, 3.8) is 0 Å². The van der Waals surface area contributed by atoms with Gasteiger partial charge in [0, 0.05) is 39.2 Å². The molecule has 0 aromatic heterocycles. The number of nitrogens with one attached hydrogen (secondary N) is 1. The predicted molar refractivity (Wildman–Crippen MR) is 64.8 cm³/mol. The molecule has 100 valence electrons. The van der Waals surface area contributed by atoms with E-state index in [1.165, 1.54) is 6.92 Å². The van der Waals surface area contributed by atoms with Crippen LogP contribution in [0.25, 0.3) is 0 Å². The molecule has 1 N–H and O–H groups in total. The van der Waals surface area contributed by atoms with Gasteiger partial charge in [-0.2, -0.15) is 0 Å². The summed E-state index contributed by atoms with van der Waals surface area (Å²) in [6.07, 6.45) is 1.16. The maximum Gasteiger partial charge on any atom is 0.222 e. The first kappa shape index (κ1) is 16.1. The minimum absolute atomic E-state index is 0.0789. The lowest BCUT2D eigenvalue weighted by Crippen LogP contribution is -2.31. The number of Topliss-reactive ketones (excluding diaryl/α,β-unsaturated/α-hetero) is 1. The third kappa shape index (κ3) is 9.96. The Morgan fingerprint density at radius 3 is 2.53 bits per heavy atom. The van der Waals surface area contributed by atoms with Crippen molar-refractivity contribution in [1.82, 2.24) is 5.32 Å². The predicted octanol–water partition coefficient (Wildman–Crippen LogP) is 0.771. The van der Waals surface area contributed by atoms with Crippen LogP contribution in [0.15, 0.2) is 0 Å². The summed E-state index contributed by atoms with van der Waals surface area (Å²) >= 11 is 0. The Morgan fingerprint density at radius 1 is 1.24 bits per heavy atom. The zero-order valence-corrected chi connectivity index (χ0v) is 11.0. The van der Waals surface area contributed by atoms with Gasteiger partial charge in [0.1, 0.15) is 5.78 Å². The molecule has 1 unspecified atom stereocenters. The van der Waals surface area contributed by atoms with Gasteiger partial charge in [0.15, 0.2) is 0 Å². The molecular formula is C12H23NO4. The van der Waals surface area contributed by atoms with E-state index in [9.17, 15) is 9.59 Å². The van der Waals surface area contributed by atoms with Gasteiger partial charge in [-0.1, -0.05) is 6.92 Å². The summed E-state index contributed by atoms with van der Waals surface area (Å²) in [5.74, 6) is -0.118. The van der Waals surface area contributed by atoms with Crippen molar-refractivity contribution in [2.24, 2.45) is 5.92 Å². The number of hydrogen-bond donors (Lipinski definition) is 1. The molecule has 0 saturated heterocycles. The summed E-state index contributed by atoms with van der Waals surface area (Å²) in [5.41, 5.74) is 0. The summed E-state index contributed by atoms with van der Waals surface area (Å²) in [6, 6.07) is 0. The second-order valence-electron chi connectivity index (χ2n) is 4.02. The molecule has 0 aliphatic rings. The molecule has 0 aromatic carbocycles. The first-order valence-corrected chi connectivity index (χ1v) is 5.91. The molecule has 5 nitrogen and oxygen atoms in total. The van der Waals surface area contributed by atoms with Crippen LogP contribution in [0.3, 0.4) is 0 Å². The van der Waals surface area contributed by atoms with Crippen molar-refractivity contribution < 1.29 is 19.1 Å². The molecule has 0 aromatic rings. The van der Waals surface area contributed by atoms with Crippen LogP contribution >= 0.6 is 0 Å². The van der Waals surface area contributed by atoms with Gasteiger partial charge in [0.2, 0.25) is 5.91 Å². The molecule has 0 spiro atoms. The standard InChI is InChI=1S/C12H23NO4/c1-10(11(2)14)9-13-12(15)5-8-17-7-4-6-16-3/h10H,4-9H2,1-3H3,(H,13,15). The van der Waals surface area contributed by atoms with Gasteiger partial charge in [0.25, 0.3) is 0 Å². The topological polar surface area (TPSA) is 64.6 Å². The van der Waals surface area contributed by atoms with Crippen LogP contribution in [0.1, 0.15) is 26.7 Å². The van der Waals surface area contributed by atoms with Gasteiger partial charge in [-0.05, 0) is 13.3 Å². The van der Waals surface area contributed by atoms with Gasteiger partial charge < -0.3 is 14.8 Å². The molecule has 0 rings (SSSR count). The number of ketones is 1. The Balaban J connectivity index is 3.38. The fraction of sp³-hybridized carbons (Fsp3) is 0.833. The number of ether oxygens (including phenoxy) is 2. The number of carbonyl (C=O) groups excluding carboxylic acids is 2. The van der Waals surface area contributed by atoms with Crippen molar-refractivity contribution >= 4 is 11.7 Å². The van der Waals surface area contributed by atoms with Crippen LogP contribution in [0, 0.1) is 5.92 Å². The maximum atomic E-state index is 11.3. The van der Waals surface area contributed by atoms with Crippen molar-refractivity contribution in [2.75, 3.05) is 33.5 Å². The molecular weight excluding hydrogens is 222 g/mol. The second kappa shape index (κ2) is 10.2. The third-order valence-corrected chi connectivity index (χ3v) is 2.41. The summed E-state index contributed by atoms with van der Waals surface area (Å²) in [6.45, 7) is 5.40. The summed E-state index contributed by atoms with van der Waals surface area (Å²) in [5, 5.41) is 2.70. The molecule has 0 aliphatic carbocycles. The number of carbonyl (C=O) groups is 2. The van der Waals surface area contributed by atoms with Crippen LogP contribution in [-0.4, -0.2) is 45.2 Å². The molecule has 0 heterocycles. The van der Waals surface area contributed by atoms with E-state index < -0.39 is 0 Å². The van der Waals surface area contributed by atoms with Crippen LogP contribution < -0.4 is 5.32 Å². The second-order valence-corrected chi connectivity index (χ2v) is 4.02. The molecule has 1 atom stereocenters. The lowest BCUT2D eigenvalue weighted by molar-refractivity contribution is -0.123. The number of hydrogen-bond acceptors (Lipinski definition) is 4. The van der Waals surface area contributed by atoms with Crippen LogP contribution in [0.5, 0.6) is 0 Å².